The predicted octanol–water partition coefficient (Wildman–Crippen LogP) is 4.62. The van der Waals surface area contributed by atoms with E-state index in [1.165, 1.54) is 42.5 Å². The van der Waals surface area contributed by atoms with Gasteiger partial charge in [-0.25, -0.2) is 4.39 Å². The van der Waals surface area contributed by atoms with Crippen molar-refractivity contribution in [1.82, 2.24) is 4.90 Å². The molecule has 26 heavy (non-hydrogen) atoms. The van der Waals surface area contributed by atoms with Crippen molar-refractivity contribution in [3.05, 3.63) is 79.5 Å². The third-order valence-electron chi connectivity index (χ3n) is 3.62. The zero-order valence-electron chi connectivity index (χ0n) is 13.0. The number of carbonyl (C=O) groups excluding carboxylic acids is 2. The second-order valence-electron chi connectivity index (χ2n) is 5.35. The van der Waals surface area contributed by atoms with E-state index in [1.54, 1.807) is 0 Å². The fourth-order valence-electron chi connectivity index (χ4n) is 2.30. The Labute approximate surface area is 156 Å². The molecule has 6 nitrogen and oxygen atoms in total. The summed E-state index contributed by atoms with van der Waals surface area (Å²) in [6.45, 7) is -0.0681. The smallest absolute Gasteiger partial charge is 0.268 e. The summed E-state index contributed by atoms with van der Waals surface area (Å²) in [5.41, 5.74) is 0.939. The molecule has 0 atom stereocenters. The summed E-state index contributed by atoms with van der Waals surface area (Å²) in [7, 11) is 0. The van der Waals surface area contributed by atoms with Crippen molar-refractivity contribution in [3.8, 4) is 0 Å². The van der Waals surface area contributed by atoms with Crippen molar-refractivity contribution in [1.29, 1.82) is 0 Å². The van der Waals surface area contributed by atoms with Gasteiger partial charge in [-0.15, -0.1) is 0 Å². The van der Waals surface area contributed by atoms with Crippen molar-refractivity contribution in [2.45, 2.75) is 6.54 Å². The third-order valence-corrected chi connectivity index (χ3v) is 4.88. The number of benzene rings is 2. The molecule has 2 aromatic rings. The summed E-state index contributed by atoms with van der Waals surface area (Å²) < 4.78 is 13.1. The molecule has 1 fully saturated rings. The number of non-ortho nitro benzene ring substituents is 1. The van der Waals surface area contributed by atoms with E-state index in [1.807, 2.05) is 0 Å². The average molecular weight is 393 g/mol. The SMILES string of the molecule is O=C1S/C(=C/c2ccc([N+](=O)[O-])cc2)C(=O)N1Cc1ccc(F)cc1Cl. The van der Waals surface area contributed by atoms with E-state index in [2.05, 4.69) is 0 Å². The Morgan fingerprint density at radius 3 is 2.50 bits per heavy atom. The minimum atomic E-state index is -0.524. The molecule has 9 heteroatoms. The van der Waals surface area contributed by atoms with E-state index in [-0.39, 0.29) is 22.2 Å². The van der Waals surface area contributed by atoms with Gasteiger partial charge >= 0.3 is 0 Å². The first-order valence-electron chi connectivity index (χ1n) is 7.29. The topological polar surface area (TPSA) is 80.5 Å². The summed E-state index contributed by atoms with van der Waals surface area (Å²) in [5, 5.41) is 10.3. The molecule has 2 aromatic carbocycles. The normalized spacial score (nSPS) is 15.8. The number of hydrogen-bond acceptors (Lipinski definition) is 5. The third kappa shape index (κ3) is 3.76. The van der Waals surface area contributed by atoms with Crippen LogP contribution in [0.15, 0.2) is 47.4 Å². The lowest BCUT2D eigenvalue weighted by molar-refractivity contribution is -0.384. The first-order valence-corrected chi connectivity index (χ1v) is 8.48. The van der Waals surface area contributed by atoms with E-state index in [0.717, 1.165) is 22.7 Å². The Balaban J connectivity index is 1.80. The van der Waals surface area contributed by atoms with Gasteiger partial charge in [0, 0.05) is 17.2 Å². The molecule has 0 bridgehead atoms. The molecule has 0 spiro atoms. The quantitative estimate of drug-likeness (QED) is 0.430. The van der Waals surface area contributed by atoms with E-state index in [9.17, 15) is 24.1 Å². The molecule has 1 aliphatic rings. The highest BCUT2D eigenvalue weighted by Gasteiger charge is 2.35. The second kappa shape index (κ2) is 7.27. The minimum Gasteiger partial charge on any atom is -0.268 e. The molecule has 2 amide bonds. The number of rotatable bonds is 4. The first-order chi connectivity index (χ1) is 12.3. The Morgan fingerprint density at radius 2 is 1.88 bits per heavy atom. The second-order valence-corrected chi connectivity index (χ2v) is 6.75. The first kappa shape index (κ1) is 18.1. The van der Waals surface area contributed by atoms with Crippen LogP contribution >= 0.6 is 23.4 Å². The lowest BCUT2D eigenvalue weighted by Crippen LogP contribution is -2.27. The number of nitro benzene ring substituents is 1. The number of carbonyl (C=O) groups is 2. The average Bonchev–Trinajstić information content (AvgIpc) is 2.85. The molecule has 1 heterocycles. The molecule has 132 valence electrons. The molecule has 1 aliphatic heterocycles. The van der Waals surface area contributed by atoms with Gasteiger partial charge in [-0.1, -0.05) is 17.7 Å². The summed E-state index contributed by atoms with van der Waals surface area (Å²) in [5.74, 6) is -1.01. The fraction of sp³-hybridized carbons (Fsp3) is 0.0588. The molecule has 0 unspecified atom stereocenters. The largest absolute Gasteiger partial charge is 0.293 e. The number of thioether (sulfide) groups is 1. The van der Waals surface area contributed by atoms with Crippen LogP contribution < -0.4 is 0 Å². The van der Waals surface area contributed by atoms with Gasteiger partial charge in [0.05, 0.1) is 16.4 Å². The van der Waals surface area contributed by atoms with Gasteiger partial charge in [0.25, 0.3) is 16.8 Å². The van der Waals surface area contributed by atoms with Crippen molar-refractivity contribution < 1.29 is 18.9 Å². The minimum absolute atomic E-state index is 0.0681. The van der Waals surface area contributed by atoms with Crippen LogP contribution in [0.1, 0.15) is 11.1 Å². The predicted molar refractivity (Wildman–Crippen MR) is 96.0 cm³/mol. The van der Waals surface area contributed by atoms with E-state index >= 15 is 0 Å². The van der Waals surface area contributed by atoms with E-state index < -0.39 is 21.9 Å². The zero-order chi connectivity index (χ0) is 18.8. The van der Waals surface area contributed by atoms with E-state index in [4.69, 9.17) is 11.6 Å². The van der Waals surface area contributed by atoms with Gasteiger partial charge in [0.1, 0.15) is 5.82 Å². The van der Waals surface area contributed by atoms with Gasteiger partial charge in [0.2, 0.25) is 0 Å². The summed E-state index contributed by atoms with van der Waals surface area (Å²) in [4.78, 5) is 36.0. The molecule has 0 aromatic heterocycles. The van der Waals surface area contributed by atoms with Gasteiger partial charge in [0.15, 0.2) is 0 Å². The van der Waals surface area contributed by atoms with Crippen molar-refractivity contribution in [3.63, 3.8) is 0 Å². The van der Waals surface area contributed by atoms with Crippen LogP contribution in [0.5, 0.6) is 0 Å². The van der Waals surface area contributed by atoms with Crippen LogP contribution in [0.3, 0.4) is 0 Å². The molecule has 0 N–H and O–H groups in total. The molecular weight excluding hydrogens is 383 g/mol. The van der Waals surface area contributed by atoms with Crippen LogP contribution in [0.2, 0.25) is 5.02 Å². The Kier molecular flexibility index (Phi) is 5.06. The van der Waals surface area contributed by atoms with Gasteiger partial charge in [-0.05, 0) is 53.2 Å². The number of nitro groups is 1. The van der Waals surface area contributed by atoms with E-state index in [0.29, 0.717) is 11.1 Å². The van der Waals surface area contributed by atoms with Gasteiger partial charge in [-0.2, -0.15) is 0 Å². The number of imide groups is 1. The number of amides is 2. The van der Waals surface area contributed by atoms with Crippen LogP contribution in [-0.4, -0.2) is 21.0 Å². The highest BCUT2D eigenvalue weighted by molar-refractivity contribution is 8.18. The number of hydrogen-bond donors (Lipinski definition) is 0. The van der Waals surface area contributed by atoms with Gasteiger partial charge in [-0.3, -0.25) is 24.6 Å². The highest BCUT2D eigenvalue weighted by atomic mass is 35.5. The lowest BCUT2D eigenvalue weighted by atomic mass is 10.2. The van der Waals surface area contributed by atoms with Crippen molar-refractivity contribution in [2.24, 2.45) is 0 Å². The molecule has 1 saturated heterocycles. The molecular formula is C17H10ClFN2O4S. The number of nitrogens with zero attached hydrogens (tertiary/aromatic N) is 2. The van der Waals surface area contributed by atoms with Crippen LogP contribution in [-0.2, 0) is 11.3 Å². The highest BCUT2D eigenvalue weighted by Crippen LogP contribution is 2.34. The molecule has 3 rings (SSSR count). The maximum absolute atomic E-state index is 13.1. The van der Waals surface area contributed by atoms with Crippen molar-refractivity contribution in [2.75, 3.05) is 0 Å². The van der Waals surface area contributed by atoms with Crippen molar-refractivity contribution >= 4 is 46.3 Å². The van der Waals surface area contributed by atoms with Crippen LogP contribution in [0.25, 0.3) is 6.08 Å². The Hall–Kier alpha value is -2.71. The molecule has 0 radical (unpaired) electrons. The molecule has 0 saturated carbocycles. The Bertz CT molecular complexity index is 946. The fourth-order valence-corrected chi connectivity index (χ4v) is 3.37. The standard InChI is InChI=1S/C17H10ClFN2O4S/c18-14-8-12(19)4-3-11(14)9-20-16(22)15(26-17(20)23)7-10-1-5-13(6-2-10)21(24)25/h1-8H,9H2/b15-7+. The summed E-state index contributed by atoms with van der Waals surface area (Å²) in [6, 6.07) is 9.34. The maximum Gasteiger partial charge on any atom is 0.293 e. The van der Waals surface area contributed by atoms with Crippen LogP contribution in [0, 0.1) is 15.9 Å². The summed E-state index contributed by atoms with van der Waals surface area (Å²) in [6.07, 6.45) is 1.49. The monoisotopic (exact) mass is 392 g/mol. The van der Waals surface area contributed by atoms with Crippen LogP contribution in [0.4, 0.5) is 14.9 Å². The Morgan fingerprint density at radius 1 is 1.19 bits per heavy atom. The van der Waals surface area contributed by atoms with Gasteiger partial charge < -0.3 is 0 Å². The molecule has 0 aliphatic carbocycles. The number of halogens is 2. The maximum atomic E-state index is 13.1. The lowest BCUT2D eigenvalue weighted by Gasteiger charge is -2.13. The summed E-state index contributed by atoms with van der Waals surface area (Å²) >= 11 is 6.71. The zero-order valence-corrected chi connectivity index (χ0v) is 14.6.